The van der Waals surface area contributed by atoms with Crippen LogP contribution in [-0.2, 0) is 33.6 Å². The second-order valence-corrected chi connectivity index (χ2v) is 17.1. The summed E-state index contributed by atoms with van der Waals surface area (Å²) in [4.78, 5) is 94.6. The summed E-state index contributed by atoms with van der Waals surface area (Å²) < 4.78 is 0. The van der Waals surface area contributed by atoms with Crippen LogP contribution in [0.15, 0.2) is 4.99 Å². The summed E-state index contributed by atoms with van der Waals surface area (Å²) in [5.41, 5.74) is 27.6. The lowest BCUT2D eigenvalue weighted by molar-refractivity contribution is -0.140. The number of nitrogens with two attached hydrogens (primary N) is 5. The minimum atomic E-state index is -2.08. The normalized spacial score (nSPS) is 15.9. The Bertz CT molecular complexity index is 1600. The van der Waals surface area contributed by atoms with Crippen LogP contribution >= 0.6 is 0 Å². The molecule has 26 N–H and O–H groups in total. The topological polar surface area (TPSA) is 504 Å². The molecule has 0 rings (SSSR count). The van der Waals surface area contributed by atoms with Gasteiger partial charge in [-0.1, -0.05) is 0 Å². The van der Waals surface area contributed by atoms with Gasteiger partial charge in [-0.2, -0.15) is 0 Å². The van der Waals surface area contributed by atoms with Gasteiger partial charge in [-0.05, 0) is 92.1 Å². The Labute approximate surface area is 415 Å². The van der Waals surface area contributed by atoms with Crippen molar-refractivity contribution in [3.63, 3.8) is 0 Å². The number of hydrogen-bond donors (Lipinski definition) is 21. The average Bonchev–Trinajstić information content (AvgIpc) is 3.32. The number of aliphatic hydroxyl groups excluding tert-OH is 6. The van der Waals surface area contributed by atoms with Gasteiger partial charge in [0.1, 0.15) is 24.2 Å². The number of carbonyl (C=O) groups is 7. The van der Waals surface area contributed by atoms with E-state index in [9.17, 15) is 64.2 Å². The van der Waals surface area contributed by atoms with Gasteiger partial charge < -0.3 is 112 Å². The largest absolute Gasteiger partial charge is 0.394 e. The van der Waals surface area contributed by atoms with Crippen LogP contribution in [0.1, 0.15) is 71.1 Å². The molecule has 29 nitrogen and oxygen atoms in total. The number of aliphatic imine (C=N–C) groups is 1. The minimum Gasteiger partial charge on any atom is -0.394 e. The van der Waals surface area contributed by atoms with Crippen LogP contribution in [0.5, 0.6) is 0 Å². The van der Waals surface area contributed by atoms with Crippen LogP contribution in [0.25, 0.3) is 0 Å². The van der Waals surface area contributed by atoms with Crippen LogP contribution in [0.2, 0.25) is 0 Å². The van der Waals surface area contributed by atoms with E-state index in [0.717, 1.165) is 32.4 Å². The molecule has 0 aromatic rings. The van der Waals surface area contributed by atoms with Crippen molar-refractivity contribution in [1.29, 1.82) is 0 Å². The Morgan fingerprint density at radius 2 is 1.18 bits per heavy atom. The standard InChI is InChI=1S/C42H86N16O13/c1-24(54-41(71)36(66)33(63)19-31(61)26(45)9-7-16-52-42(46)47)37(67)57-29(21-49-3)40(70)56-27(10-6-11-43)39(69)58-30(23-59)32(62)17-25(60)18-34(64)55-28(20-48-2)38(68)53-22-35(65)51-15-5-4-13-50-14-8-12-44/h24-33,36,48-50,59-63,66H,4-23,43-45H2,1-3H3,(H,51,65)(H,53,68)(H,54,71)(H,55,64)(H,56,70)(H,57,67)(H,58,69)(H4,46,47,52)/t24-,25+,26-,27-,28+,29+,30+,31+,32+,33+,36-/m1/s1. The SMILES string of the molecule is CNC[C@H](NC(=O)C[C@@H](O)C[C@H](O)[C@H](CO)NC(=O)[C@@H](CCCN)NC(=O)[C@H](CNC)NC(=O)[C@@H](C)NC(=O)[C@H](O)[C@@H](O)C[C@H](O)[C@H](N)CCCN=C(N)N)C(=O)NCC(=O)NCCCCNCCCN. The first-order chi connectivity index (χ1) is 33.6. The molecule has 0 spiro atoms. The van der Waals surface area contributed by atoms with E-state index in [4.69, 9.17) is 28.7 Å². The van der Waals surface area contributed by atoms with Gasteiger partial charge in [-0.25, -0.2) is 0 Å². The number of rotatable bonds is 41. The van der Waals surface area contributed by atoms with Crippen molar-refractivity contribution in [3.05, 3.63) is 0 Å². The fourth-order valence-corrected chi connectivity index (χ4v) is 6.65. The molecule has 0 aromatic carbocycles. The first-order valence-corrected chi connectivity index (χ1v) is 23.9. The molecule has 71 heavy (non-hydrogen) atoms. The lowest BCUT2D eigenvalue weighted by Gasteiger charge is -2.28. The van der Waals surface area contributed by atoms with Gasteiger partial charge in [0.05, 0.1) is 50.0 Å². The second-order valence-electron chi connectivity index (χ2n) is 17.1. The molecule has 0 fully saturated rings. The molecule has 11 atom stereocenters. The molecule has 0 aromatic heterocycles. The van der Waals surface area contributed by atoms with Crippen LogP contribution in [0.3, 0.4) is 0 Å². The number of nitrogens with zero attached hydrogens (tertiary/aromatic N) is 1. The third-order valence-corrected chi connectivity index (χ3v) is 10.8. The lowest BCUT2D eigenvalue weighted by atomic mass is 9.98. The molecule has 0 saturated heterocycles. The second kappa shape index (κ2) is 38.7. The van der Waals surface area contributed by atoms with E-state index in [1.54, 1.807) is 0 Å². The fraction of sp³-hybridized carbons (Fsp3) is 0.810. The summed E-state index contributed by atoms with van der Waals surface area (Å²) in [6, 6.07) is -7.43. The molecule has 0 aliphatic carbocycles. The monoisotopic (exact) mass is 1020 g/mol. The van der Waals surface area contributed by atoms with E-state index in [1.165, 1.54) is 21.0 Å². The van der Waals surface area contributed by atoms with E-state index in [1.807, 2.05) is 0 Å². The smallest absolute Gasteiger partial charge is 0.252 e. The molecular formula is C42H86N16O13. The fourth-order valence-electron chi connectivity index (χ4n) is 6.65. The molecule has 0 saturated carbocycles. The zero-order valence-corrected chi connectivity index (χ0v) is 41.4. The maximum absolute atomic E-state index is 13.5. The van der Waals surface area contributed by atoms with Crippen molar-refractivity contribution >= 4 is 47.3 Å². The Balaban J connectivity index is 5.35. The summed E-state index contributed by atoms with van der Waals surface area (Å²) in [6.45, 7) is 2.82. The zero-order valence-electron chi connectivity index (χ0n) is 41.4. The molecule has 7 amide bonds. The van der Waals surface area contributed by atoms with Gasteiger partial charge in [0.2, 0.25) is 35.4 Å². The number of aliphatic hydroxyl groups is 6. The third-order valence-electron chi connectivity index (χ3n) is 10.8. The molecule has 0 heterocycles. The Kier molecular flexibility index (Phi) is 36.0. The number of nitrogens with one attached hydrogen (secondary N) is 10. The summed E-state index contributed by atoms with van der Waals surface area (Å²) in [6.07, 6.45) is -6.63. The lowest BCUT2D eigenvalue weighted by Crippen LogP contribution is -2.60. The molecule has 0 radical (unpaired) electrons. The van der Waals surface area contributed by atoms with E-state index >= 15 is 0 Å². The Hall–Kier alpha value is -4.92. The first kappa shape index (κ1) is 66.1. The Morgan fingerprint density at radius 3 is 1.79 bits per heavy atom. The maximum atomic E-state index is 13.5. The van der Waals surface area contributed by atoms with E-state index in [-0.39, 0.29) is 57.9 Å². The van der Waals surface area contributed by atoms with Crippen LogP contribution in [-0.4, -0.2) is 224 Å². The number of likely N-dealkylation sites (N-methyl/N-ethyl adjacent to an activating group) is 2. The predicted octanol–water partition coefficient (Wildman–Crippen LogP) is -10.1. The number of amides is 7. The molecule has 412 valence electrons. The summed E-state index contributed by atoms with van der Waals surface area (Å²) in [5, 5.41) is 88.8. The summed E-state index contributed by atoms with van der Waals surface area (Å²) >= 11 is 0. The van der Waals surface area contributed by atoms with Gasteiger partial charge >= 0.3 is 0 Å². The van der Waals surface area contributed by atoms with Crippen molar-refractivity contribution in [2.45, 2.75) is 138 Å². The summed E-state index contributed by atoms with van der Waals surface area (Å²) in [7, 11) is 3.01. The highest BCUT2D eigenvalue weighted by Crippen LogP contribution is 2.11. The van der Waals surface area contributed by atoms with Crippen molar-refractivity contribution in [2.24, 2.45) is 33.7 Å². The van der Waals surface area contributed by atoms with Gasteiger partial charge in [0, 0.05) is 45.1 Å². The molecule has 29 heteroatoms. The maximum Gasteiger partial charge on any atom is 0.252 e. The third kappa shape index (κ3) is 29.9. The van der Waals surface area contributed by atoms with Gasteiger partial charge in [0.25, 0.3) is 5.91 Å². The average molecular weight is 1020 g/mol. The van der Waals surface area contributed by atoms with Crippen LogP contribution in [0.4, 0.5) is 0 Å². The van der Waals surface area contributed by atoms with Crippen molar-refractivity contribution in [2.75, 3.05) is 79.6 Å². The highest BCUT2D eigenvalue weighted by Gasteiger charge is 2.33. The van der Waals surface area contributed by atoms with Gasteiger partial charge in [-0.3, -0.25) is 38.6 Å². The van der Waals surface area contributed by atoms with Gasteiger partial charge in [0.15, 0.2) is 12.1 Å². The molecule has 0 unspecified atom stereocenters. The van der Waals surface area contributed by atoms with E-state index in [0.29, 0.717) is 19.5 Å². The number of hydrogen-bond acceptors (Lipinski definition) is 20. The molecule has 0 bridgehead atoms. The van der Waals surface area contributed by atoms with Crippen molar-refractivity contribution < 1.29 is 64.2 Å². The molecular weight excluding hydrogens is 937 g/mol. The van der Waals surface area contributed by atoms with Crippen LogP contribution in [0, 0.1) is 0 Å². The van der Waals surface area contributed by atoms with Gasteiger partial charge in [-0.15, -0.1) is 0 Å². The van der Waals surface area contributed by atoms with Crippen LogP contribution < -0.4 is 81.8 Å². The number of guanidine groups is 1. The number of unbranched alkanes of at least 4 members (excludes halogenated alkanes) is 1. The van der Waals surface area contributed by atoms with Crippen molar-refractivity contribution in [3.8, 4) is 0 Å². The first-order valence-electron chi connectivity index (χ1n) is 23.9. The predicted molar refractivity (Wildman–Crippen MR) is 262 cm³/mol. The quantitative estimate of drug-likeness (QED) is 0.0154. The summed E-state index contributed by atoms with van der Waals surface area (Å²) in [5.74, 6) is -5.80. The van der Waals surface area contributed by atoms with E-state index < -0.39 is 134 Å². The minimum absolute atomic E-state index is 0.0257. The highest BCUT2D eigenvalue weighted by atomic mass is 16.3. The highest BCUT2D eigenvalue weighted by molar-refractivity contribution is 5.95. The van der Waals surface area contributed by atoms with E-state index in [2.05, 4.69) is 58.2 Å². The molecule has 0 aliphatic heterocycles. The van der Waals surface area contributed by atoms with Crippen molar-refractivity contribution in [1.82, 2.24) is 53.2 Å². The zero-order chi connectivity index (χ0) is 53.9. The number of carbonyl (C=O) groups excluding carboxylic acids is 7. The Morgan fingerprint density at radius 1 is 0.592 bits per heavy atom. The molecule has 0 aliphatic rings.